The van der Waals surface area contributed by atoms with Crippen molar-refractivity contribution < 1.29 is 5.11 Å². The van der Waals surface area contributed by atoms with E-state index in [1.165, 1.54) is 19.3 Å². The molecule has 0 heterocycles. The van der Waals surface area contributed by atoms with Crippen LogP contribution in [0.2, 0.25) is 0 Å². The summed E-state index contributed by atoms with van der Waals surface area (Å²) in [5.41, 5.74) is 0. The van der Waals surface area contributed by atoms with E-state index in [9.17, 15) is 5.11 Å². The summed E-state index contributed by atoms with van der Waals surface area (Å²) in [6.07, 6.45) is 5.67. The summed E-state index contributed by atoms with van der Waals surface area (Å²) >= 11 is 0. The topological polar surface area (TPSA) is 32.3 Å². The molecular weight excluding hydrogens is 174 g/mol. The van der Waals surface area contributed by atoms with Gasteiger partial charge in [0.25, 0.3) is 0 Å². The van der Waals surface area contributed by atoms with Crippen molar-refractivity contribution in [3.8, 4) is 0 Å². The average molecular weight is 199 g/mol. The zero-order chi connectivity index (χ0) is 10.6. The molecule has 1 aliphatic rings. The molecular formula is C12H25NO. The maximum Gasteiger partial charge on any atom is 0.0693 e. The summed E-state index contributed by atoms with van der Waals surface area (Å²) in [6, 6.07) is 0.880. The van der Waals surface area contributed by atoms with E-state index in [0.717, 1.165) is 18.8 Å². The first-order chi connectivity index (χ1) is 6.59. The van der Waals surface area contributed by atoms with Gasteiger partial charge in [0, 0.05) is 12.1 Å². The van der Waals surface area contributed by atoms with Gasteiger partial charge in [0.05, 0.1) is 6.10 Å². The summed E-state index contributed by atoms with van der Waals surface area (Å²) in [7, 11) is 0. The van der Waals surface area contributed by atoms with Crippen LogP contribution in [-0.2, 0) is 0 Å². The number of aliphatic hydroxyl groups is 1. The second kappa shape index (κ2) is 5.72. The van der Waals surface area contributed by atoms with Gasteiger partial charge in [-0.15, -0.1) is 0 Å². The van der Waals surface area contributed by atoms with Gasteiger partial charge >= 0.3 is 0 Å². The molecule has 84 valence electrons. The monoisotopic (exact) mass is 199 g/mol. The Morgan fingerprint density at radius 3 is 2.43 bits per heavy atom. The molecule has 0 saturated heterocycles. The molecule has 0 radical (unpaired) electrons. The SMILES string of the molecule is CC(C)C[C@H](C)N[C@H]1CCCC[C@@H]1O. The van der Waals surface area contributed by atoms with Gasteiger partial charge in [-0.3, -0.25) is 0 Å². The minimum atomic E-state index is -0.113. The van der Waals surface area contributed by atoms with Crippen LogP contribution < -0.4 is 5.32 Å². The van der Waals surface area contributed by atoms with Gasteiger partial charge in [-0.05, 0) is 32.1 Å². The molecule has 2 heteroatoms. The van der Waals surface area contributed by atoms with E-state index in [-0.39, 0.29) is 6.10 Å². The Kier molecular flexibility index (Phi) is 4.90. The van der Waals surface area contributed by atoms with Gasteiger partial charge in [-0.2, -0.15) is 0 Å². The lowest BCUT2D eigenvalue weighted by molar-refractivity contribution is 0.0844. The predicted molar refractivity (Wildman–Crippen MR) is 60.3 cm³/mol. The standard InChI is InChI=1S/C12H25NO/c1-9(2)8-10(3)13-11-6-4-5-7-12(11)14/h9-14H,4-8H2,1-3H3/t10-,11-,12-/m0/s1. The lowest BCUT2D eigenvalue weighted by atomic mass is 9.91. The van der Waals surface area contributed by atoms with Gasteiger partial charge in [0.15, 0.2) is 0 Å². The Morgan fingerprint density at radius 1 is 1.21 bits per heavy atom. The first-order valence-corrected chi connectivity index (χ1v) is 6.03. The molecule has 0 bridgehead atoms. The van der Waals surface area contributed by atoms with Crippen LogP contribution in [0.25, 0.3) is 0 Å². The van der Waals surface area contributed by atoms with E-state index < -0.39 is 0 Å². The Morgan fingerprint density at radius 2 is 1.86 bits per heavy atom. The van der Waals surface area contributed by atoms with Crippen LogP contribution in [0.5, 0.6) is 0 Å². The minimum absolute atomic E-state index is 0.113. The van der Waals surface area contributed by atoms with Crippen LogP contribution in [0, 0.1) is 5.92 Å². The van der Waals surface area contributed by atoms with Crippen molar-refractivity contribution in [1.29, 1.82) is 0 Å². The van der Waals surface area contributed by atoms with Crippen LogP contribution >= 0.6 is 0 Å². The van der Waals surface area contributed by atoms with Crippen molar-refractivity contribution in [2.24, 2.45) is 5.92 Å². The Balaban J connectivity index is 2.27. The van der Waals surface area contributed by atoms with Crippen molar-refractivity contribution in [2.45, 2.75) is 71.1 Å². The van der Waals surface area contributed by atoms with Crippen molar-refractivity contribution in [1.82, 2.24) is 5.32 Å². The van der Waals surface area contributed by atoms with E-state index in [4.69, 9.17) is 0 Å². The number of aliphatic hydroxyl groups excluding tert-OH is 1. The van der Waals surface area contributed by atoms with Crippen LogP contribution in [0.15, 0.2) is 0 Å². The summed E-state index contributed by atoms with van der Waals surface area (Å²) in [4.78, 5) is 0. The van der Waals surface area contributed by atoms with Crippen LogP contribution in [0.4, 0.5) is 0 Å². The highest BCUT2D eigenvalue weighted by Gasteiger charge is 2.23. The third kappa shape index (κ3) is 3.97. The van der Waals surface area contributed by atoms with Crippen LogP contribution in [-0.4, -0.2) is 23.3 Å². The van der Waals surface area contributed by atoms with Gasteiger partial charge in [-0.1, -0.05) is 26.7 Å². The molecule has 0 spiro atoms. The molecule has 0 amide bonds. The quantitative estimate of drug-likeness (QED) is 0.728. The molecule has 14 heavy (non-hydrogen) atoms. The molecule has 0 unspecified atom stereocenters. The molecule has 1 fully saturated rings. The molecule has 0 aromatic heterocycles. The van der Waals surface area contributed by atoms with Gasteiger partial charge in [-0.25, -0.2) is 0 Å². The molecule has 3 atom stereocenters. The van der Waals surface area contributed by atoms with E-state index in [1.807, 2.05) is 0 Å². The molecule has 1 saturated carbocycles. The van der Waals surface area contributed by atoms with Crippen molar-refractivity contribution >= 4 is 0 Å². The number of nitrogens with one attached hydrogen (secondary N) is 1. The van der Waals surface area contributed by atoms with E-state index in [0.29, 0.717) is 12.1 Å². The fourth-order valence-electron chi connectivity index (χ4n) is 2.45. The third-order valence-corrected chi connectivity index (χ3v) is 3.05. The van der Waals surface area contributed by atoms with E-state index >= 15 is 0 Å². The van der Waals surface area contributed by atoms with E-state index in [1.54, 1.807) is 0 Å². The van der Waals surface area contributed by atoms with E-state index in [2.05, 4.69) is 26.1 Å². The van der Waals surface area contributed by atoms with Gasteiger partial charge in [0.2, 0.25) is 0 Å². The maximum atomic E-state index is 9.79. The maximum absolute atomic E-state index is 9.79. The summed E-state index contributed by atoms with van der Waals surface area (Å²) < 4.78 is 0. The molecule has 2 N–H and O–H groups in total. The molecule has 1 rings (SSSR count). The molecule has 2 nitrogen and oxygen atoms in total. The molecule has 0 aliphatic heterocycles. The first kappa shape index (κ1) is 12.0. The fraction of sp³-hybridized carbons (Fsp3) is 1.00. The number of rotatable bonds is 4. The van der Waals surface area contributed by atoms with Crippen molar-refractivity contribution in [3.05, 3.63) is 0 Å². The smallest absolute Gasteiger partial charge is 0.0693 e. The largest absolute Gasteiger partial charge is 0.392 e. The highest BCUT2D eigenvalue weighted by molar-refractivity contribution is 4.82. The Bertz CT molecular complexity index is 158. The van der Waals surface area contributed by atoms with Crippen molar-refractivity contribution in [2.75, 3.05) is 0 Å². The normalized spacial score (nSPS) is 30.6. The van der Waals surface area contributed by atoms with Crippen molar-refractivity contribution in [3.63, 3.8) is 0 Å². The van der Waals surface area contributed by atoms with Gasteiger partial charge < -0.3 is 10.4 Å². The fourth-order valence-corrected chi connectivity index (χ4v) is 2.45. The summed E-state index contributed by atoms with van der Waals surface area (Å²) in [6.45, 7) is 6.71. The third-order valence-electron chi connectivity index (χ3n) is 3.05. The Hall–Kier alpha value is -0.0800. The second-order valence-electron chi connectivity index (χ2n) is 5.16. The molecule has 1 aliphatic carbocycles. The lowest BCUT2D eigenvalue weighted by Crippen LogP contribution is -2.46. The highest BCUT2D eigenvalue weighted by Crippen LogP contribution is 2.19. The molecule has 0 aromatic rings. The lowest BCUT2D eigenvalue weighted by Gasteiger charge is -2.31. The summed E-state index contributed by atoms with van der Waals surface area (Å²) in [5, 5.41) is 13.3. The first-order valence-electron chi connectivity index (χ1n) is 6.03. The van der Waals surface area contributed by atoms with Crippen LogP contribution in [0.1, 0.15) is 52.9 Å². The highest BCUT2D eigenvalue weighted by atomic mass is 16.3. The predicted octanol–water partition coefficient (Wildman–Crippen LogP) is 2.31. The second-order valence-corrected chi connectivity index (χ2v) is 5.16. The average Bonchev–Trinajstić information content (AvgIpc) is 2.07. The number of hydrogen-bond acceptors (Lipinski definition) is 2. The van der Waals surface area contributed by atoms with Crippen LogP contribution in [0.3, 0.4) is 0 Å². The molecule has 0 aromatic carbocycles. The number of hydrogen-bond donors (Lipinski definition) is 2. The zero-order valence-electron chi connectivity index (χ0n) is 9.79. The van der Waals surface area contributed by atoms with Gasteiger partial charge in [0.1, 0.15) is 0 Å². The summed E-state index contributed by atoms with van der Waals surface area (Å²) in [5.74, 6) is 0.734. The zero-order valence-corrected chi connectivity index (χ0v) is 9.79. The minimum Gasteiger partial charge on any atom is -0.392 e. The Labute approximate surface area is 88.1 Å².